The number of rotatable bonds is 2. The summed E-state index contributed by atoms with van der Waals surface area (Å²) >= 11 is 0.114. The summed E-state index contributed by atoms with van der Waals surface area (Å²) in [5.74, 6) is 0. The van der Waals surface area contributed by atoms with Crippen LogP contribution in [0.4, 0.5) is 0 Å². The van der Waals surface area contributed by atoms with Crippen molar-refractivity contribution in [3.8, 4) is 16.8 Å². The fraction of sp³-hybridized carbons (Fsp3) is 0.0882. The van der Waals surface area contributed by atoms with Gasteiger partial charge in [-0.15, -0.1) is 0 Å². The molecule has 0 aliphatic heterocycles. The number of aromatic nitrogens is 1. The topological polar surface area (TPSA) is 22.0 Å². The first kappa shape index (κ1) is 22.3. The Kier molecular flexibility index (Phi) is 5.01. The van der Waals surface area contributed by atoms with Crippen LogP contribution < -0.4 is 5.43 Å². The molecule has 178 valence electrons. The number of fused-ring (bicyclic) bond motifs is 5. The van der Waals surface area contributed by atoms with Crippen molar-refractivity contribution >= 4 is 55.6 Å². The summed E-state index contributed by atoms with van der Waals surface area (Å²) < 4.78 is 4.77. The van der Waals surface area contributed by atoms with Crippen molar-refractivity contribution in [2.45, 2.75) is 20.8 Å². The Labute approximate surface area is 221 Å². The van der Waals surface area contributed by atoms with Crippen LogP contribution >= 0.6 is 0 Å². The van der Waals surface area contributed by atoms with E-state index in [0.717, 1.165) is 16.5 Å². The summed E-state index contributed by atoms with van der Waals surface area (Å²) in [7, 11) is 0. The molecule has 0 spiro atoms. The molecular weight excluding hydrogens is 517 g/mol. The molecular formula is C34H25NOSe. The van der Waals surface area contributed by atoms with Gasteiger partial charge in [-0.25, -0.2) is 0 Å². The molecule has 2 heterocycles. The molecule has 0 unspecified atom stereocenters. The first-order chi connectivity index (χ1) is 18.0. The first-order valence-electron chi connectivity index (χ1n) is 12.6. The Morgan fingerprint density at radius 1 is 0.568 bits per heavy atom. The zero-order chi connectivity index (χ0) is 25.3. The maximum absolute atomic E-state index is 13.2. The summed E-state index contributed by atoms with van der Waals surface area (Å²) in [4.78, 5) is 13.2. The molecule has 7 aromatic rings. The predicted molar refractivity (Wildman–Crippen MR) is 159 cm³/mol. The zero-order valence-electron chi connectivity index (χ0n) is 21.0. The molecule has 0 radical (unpaired) electrons. The molecule has 3 heteroatoms. The molecule has 0 fully saturated rings. The summed E-state index contributed by atoms with van der Waals surface area (Å²) in [5, 5.41) is 4.28. The van der Waals surface area contributed by atoms with Gasteiger partial charge in [-0.3, -0.25) is 0 Å². The van der Waals surface area contributed by atoms with Crippen molar-refractivity contribution in [1.82, 2.24) is 4.57 Å². The minimum atomic E-state index is 0.114. The van der Waals surface area contributed by atoms with Gasteiger partial charge in [-0.05, 0) is 0 Å². The average molecular weight is 543 g/mol. The Bertz CT molecular complexity index is 2030. The van der Waals surface area contributed by atoms with E-state index >= 15 is 0 Å². The molecule has 0 aliphatic rings. The molecule has 0 aliphatic carbocycles. The molecule has 5 aromatic carbocycles. The molecule has 0 atom stereocenters. The van der Waals surface area contributed by atoms with E-state index in [0.29, 0.717) is 0 Å². The number of hydrogen-bond acceptors (Lipinski definition) is 1. The van der Waals surface area contributed by atoms with Crippen molar-refractivity contribution < 1.29 is 0 Å². The van der Waals surface area contributed by atoms with Gasteiger partial charge in [0, 0.05) is 0 Å². The Balaban J connectivity index is 1.50. The van der Waals surface area contributed by atoms with E-state index in [1.807, 2.05) is 24.3 Å². The molecule has 37 heavy (non-hydrogen) atoms. The third-order valence-corrected chi connectivity index (χ3v) is 9.96. The number of nitrogens with zero attached hydrogens (tertiary/aromatic N) is 1. The van der Waals surface area contributed by atoms with E-state index in [-0.39, 0.29) is 19.9 Å². The van der Waals surface area contributed by atoms with Crippen LogP contribution in [-0.2, 0) is 0 Å². The number of benzene rings is 5. The second kappa shape index (κ2) is 8.31. The summed E-state index contributed by atoms with van der Waals surface area (Å²) in [6.07, 6.45) is 0. The third-order valence-electron chi connectivity index (χ3n) is 7.58. The summed E-state index contributed by atoms with van der Waals surface area (Å²) in [6, 6.07) is 34.4. The minimum absolute atomic E-state index is 0.114. The van der Waals surface area contributed by atoms with E-state index in [1.165, 1.54) is 58.1 Å². The molecule has 0 amide bonds. The van der Waals surface area contributed by atoms with Gasteiger partial charge in [0.15, 0.2) is 0 Å². The predicted octanol–water partition coefficient (Wildman–Crippen LogP) is 8.10. The van der Waals surface area contributed by atoms with E-state index in [2.05, 4.69) is 98.1 Å². The molecule has 2 nitrogen and oxygen atoms in total. The number of hydrogen-bond donors (Lipinski definition) is 0. The monoisotopic (exact) mass is 543 g/mol. The third kappa shape index (κ3) is 3.35. The summed E-state index contributed by atoms with van der Waals surface area (Å²) in [5.41, 5.74) is 9.97. The van der Waals surface area contributed by atoms with Gasteiger partial charge in [-0.2, -0.15) is 0 Å². The fourth-order valence-electron chi connectivity index (χ4n) is 5.74. The Morgan fingerprint density at radius 2 is 1.22 bits per heavy atom. The molecule has 0 N–H and O–H groups in total. The van der Waals surface area contributed by atoms with E-state index < -0.39 is 0 Å². The molecule has 2 aromatic heterocycles. The first-order valence-corrected chi connectivity index (χ1v) is 14.3. The van der Waals surface area contributed by atoms with Gasteiger partial charge in [-0.1, -0.05) is 0 Å². The Hall–Kier alpha value is -3.91. The van der Waals surface area contributed by atoms with Crippen molar-refractivity contribution in [1.29, 1.82) is 0 Å². The fourth-order valence-corrected chi connectivity index (χ4v) is 8.08. The van der Waals surface area contributed by atoms with Crippen LogP contribution in [0, 0.1) is 20.8 Å². The second-order valence-electron chi connectivity index (χ2n) is 9.92. The van der Waals surface area contributed by atoms with Gasteiger partial charge < -0.3 is 0 Å². The average Bonchev–Trinajstić information content (AvgIpc) is 3.26. The molecule has 0 saturated heterocycles. The molecule has 0 bridgehead atoms. The molecule has 7 rings (SSSR count). The van der Waals surface area contributed by atoms with Crippen LogP contribution in [0.5, 0.6) is 0 Å². The van der Waals surface area contributed by atoms with Gasteiger partial charge in [0.2, 0.25) is 0 Å². The van der Waals surface area contributed by atoms with Crippen molar-refractivity contribution in [3.63, 3.8) is 0 Å². The van der Waals surface area contributed by atoms with E-state index in [9.17, 15) is 4.79 Å². The zero-order valence-corrected chi connectivity index (χ0v) is 22.7. The number of aryl methyl sites for hydroxylation is 3. The van der Waals surface area contributed by atoms with Crippen LogP contribution in [0.15, 0.2) is 102 Å². The van der Waals surface area contributed by atoms with Crippen LogP contribution in [0.3, 0.4) is 0 Å². The summed E-state index contributed by atoms with van der Waals surface area (Å²) in [6.45, 7) is 6.57. The van der Waals surface area contributed by atoms with Crippen LogP contribution in [0.1, 0.15) is 16.7 Å². The van der Waals surface area contributed by atoms with Crippen molar-refractivity contribution in [2.75, 3.05) is 0 Å². The molecule has 0 saturated carbocycles. The van der Waals surface area contributed by atoms with Gasteiger partial charge in [0.25, 0.3) is 0 Å². The van der Waals surface area contributed by atoms with Crippen LogP contribution in [0.25, 0.3) is 57.9 Å². The van der Waals surface area contributed by atoms with Crippen molar-refractivity contribution in [3.05, 3.63) is 124 Å². The van der Waals surface area contributed by atoms with Crippen LogP contribution in [0.2, 0.25) is 0 Å². The van der Waals surface area contributed by atoms with E-state index in [1.54, 1.807) is 0 Å². The van der Waals surface area contributed by atoms with Crippen molar-refractivity contribution in [2.24, 2.45) is 0 Å². The quantitative estimate of drug-likeness (QED) is 0.160. The second-order valence-corrected chi connectivity index (χ2v) is 12.2. The maximum atomic E-state index is 13.2. The Morgan fingerprint density at radius 3 is 1.95 bits per heavy atom. The van der Waals surface area contributed by atoms with Gasteiger partial charge in [0.1, 0.15) is 0 Å². The van der Waals surface area contributed by atoms with Gasteiger partial charge in [0.05, 0.1) is 0 Å². The van der Waals surface area contributed by atoms with Crippen LogP contribution in [-0.4, -0.2) is 19.1 Å². The van der Waals surface area contributed by atoms with Gasteiger partial charge >= 0.3 is 222 Å². The normalized spacial score (nSPS) is 11.8. The van der Waals surface area contributed by atoms with E-state index in [4.69, 9.17) is 0 Å². The SMILES string of the molecule is Cc1ccc(-n2c3c(C)cccc3c3cccc(C)c32)cc1-c1ccc2c(=O)c3ccccc3[se]c2c1. The number of para-hydroxylation sites is 2. The standard InChI is InChI=1S/C34H25NOSe/c1-20-14-16-24(35-32-21(2)8-6-11-25(32)26-12-7-9-22(3)33(26)35)19-29(20)23-15-17-28-31(18-23)37-30-13-5-4-10-27(30)34(28)36/h4-19H,1-3H3.